The lowest BCUT2D eigenvalue weighted by molar-refractivity contribution is 0.0595. The Morgan fingerprint density at radius 1 is 1.42 bits per heavy atom. The molecular weight excluding hydrogens is 302 g/mol. The number of hydrogen-bond acceptors (Lipinski definition) is 4. The van der Waals surface area contributed by atoms with Gasteiger partial charge in [-0.05, 0) is 30.5 Å². The van der Waals surface area contributed by atoms with Gasteiger partial charge in [0.15, 0.2) is 0 Å². The van der Waals surface area contributed by atoms with Crippen molar-refractivity contribution >= 4 is 5.97 Å². The monoisotopic (exact) mass is 327 g/mol. The number of aromatic amines is 1. The summed E-state index contributed by atoms with van der Waals surface area (Å²) in [6.45, 7) is 5.18. The van der Waals surface area contributed by atoms with E-state index in [1.54, 1.807) is 0 Å². The molecular formula is C19H25N3O2. The van der Waals surface area contributed by atoms with E-state index in [-0.39, 0.29) is 5.97 Å². The number of carbonyl (C=O) groups excluding carboxylic acids is 1. The van der Waals surface area contributed by atoms with Crippen molar-refractivity contribution in [3.8, 4) is 0 Å². The molecule has 1 saturated heterocycles. The molecule has 5 heteroatoms. The molecule has 0 amide bonds. The summed E-state index contributed by atoms with van der Waals surface area (Å²) in [6.07, 6.45) is 3.00. The predicted molar refractivity (Wildman–Crippen MR) is 93.8 cm³/mol. The lowest BCUT2D eigenvalue weighted by atomic mass is 10.1. The first-order valence-corrected chi connectivity index (χ1v) is 8.45. The minimum Gasteiger partial charge on any atom is -0.464 e. The maximum atomic E-state index is 11.5. The van der Waals surface area contributed by atoms with E-state index in [4.69, 9.17) is 4.74 Å². The minimum absolute atomic E-state index is 0.329. The van der Waals surface area contributed by atoms with Crippen molar-refractivity contribution in [1.29, 1.82) is 0 Å². The summed E-state index contributed by atoms with van der Waals surface area (Å²) in [7, 11) is 1.39. The molecule has 0 saturated carbocycles. The van der Waals surface area contributed by atoms with Crippen molar-refractivity contribution < 1.29 is 9.53 Å². The number of nitrogens with zero attached hydrogens (tertiary/aromatic N) is 1. The van der Waals surface area contributed by atoms with Crippen LogP contribution in [0, 0.1) is 0 Å². The van der Waals surface area contributed by atoms with Crippen molar-refractivity contribution in [2.75, 3.05) is 20.2 Å². The first-order valence-electron chi connectivity index (χ1n) is 8.45. The standard InChI is InChI=1S/C19H25N3O2/c1-14(16-6-4-3-5-7-16)22-9-8-17(13-22)20-11-15-10-18(21-12-15)19(23)24-2/h3-7,10,12,14,17,20-21H,8-9,11,13H2,1-2H3/t14-,17+/m1/s1. The summed E-state index contributed by atoms with van der Waals surface area (Å²) >= 11 is 0. The molecule has 128 valence electrons. The molecule has 0 aliphatic carbocycles. The van der Waals surface area contributed by atoms with Gasteiger partial charge in [-0.1, -0.05) is 30.3 Å². The number of benzene rings is 1. The fraction of sp³-hybridized carbons (Fsp3) is 0.421. The molecule has 24 heavy (non-hydrogen) atoms. The van der Waals surface area contributed by atoms with Gasteiger partial charge in [0, 0.05) is 37.9 Å². The number of rotatable bonds is 6. The molecule has 1 aliphatic heterocycles. The van der Waals surface area contributed by atoms with E-state index in [2.05, 4.69) is 52.5 Å². The Morgan fingerprint density at radius 2 is 2.21 bits per heavy atom. The Morgan fingerprint density at radius 3 is 2.96 bits per heavy atom. The Balaban J connectivity index is 1.49. The van der Waals surface area contributed by atoms with Crippen LogP contribution in [0.3, 0.4) is 0 Å². The highest BCUT2D eigenvalue weighted by molar-refractivity contribution is 5.87. The first-order chi connectivity index (χ1) is 11.7. The maximum absolute atomic E-state index is 11.5. The number of aromatic nitrogens is 1. The quantitative estimate of drug-likeness (QED) is 0.801. The topological polar surface area (TPSA) is 57.4 Å². The molecule has 2 N–H and O–H groups in total. The number of nitrogens with one attached hydrogen (secondary N) is 2. The van der Waals surface area contributed by atoms with E-state index in [1.807, 2.05) is 12.3 Å². The summed E-state index contributed by atoms with van der Waals surface area (Å²) in [6, 6.07) is 13.4. The minimum atomic E-state index is -0.329. The van der Waals surface area contributed by atoms with Crippen LogP contribution in [-0.2, 0) is 11.3 Å². The summed E-state index contributed by atoms with van der Waals surface area (Å²) in [5, 5.41) is 3.59. The lowest BCUT2D eigenvalue weighted by Crippen LogP contribution is -2.33. The van der Waals surface area contributed by atoms with Crippen LogP contribution in [0.2, 0.25) is 0 Å². The lowest BCUT2D eigenvalue weighted by Gasteiger charge is -2.24. The molecule has 0 bridgehead atoms. The number of esters is 1. The van der Waals surface area contributed by atoms with Crippen LogP contribution in [-0.4, -0.2) is 42.1 Å². The van der Waals surface area contributed by atoms with Gasteiger partial charge in [0.25, 0.3) is 0 Å². The summed E-state index contributed by atoms with van der Waals surface area (Å²) in [5.41, 5.74) is 2.94. The second-order valence-corrected chi connectivity index (χ2v) is 6.36. The Labute approximate surface area is 143 Å². The fourth-order valence-corrected chi connectivity index (χ4v) is 3.28. The average Bonchev–Trinajstić information content (AvgIpc) is 3.29. The zero-order chi connectivity index (χ0) is 16.9. The van der Waals surface area contributed by atoms with Crippen LogP contribution in [0.15, 0.2) is 42.6 Å². The Bertz CT molecular complexity index is 668. The van der Waals surface area contributed by atoms with E-state index in [0.717, 1.165) is 31.6 Å². The van der Waals surface area contributed by atoms with Gasteiger partial charge in [-0.3, -0.25) is 4.90 Å². The van der Waals surface area contributed by atoms with E-state index in [0.29, 0.717) is 17.8 Å². The maximum Gasteiger partial charge on any atom is 0.354 e. The van der Waals surface area contributed by atoms with E-state index < -0.39 is 0 Å². The van der Waals surface area contributed by atoms with Gasteiger partial charge in [0.05, 0.1) is 7.11 Å². The van der Waals surface area contributed by atoms with Gasteiger partial charge >= 0.3 is 5.97 Å². The summed E-state index contributed by atoms with van der Waals surface area (Å²) in [4.78, 5) is 16.9. The van der Waals surface area contributed by atoms with Gasteiger partial charge < -0.3 is 15.0 Å². The number of ether oxygens (including phenoxy) is 1. The van der Waals surface area contributed by atoms with Crippen LogP contribution in [0.25, 0.3) is 0 Å². The molecule has 2 heterocycles. The molecule has 1 aromatic carbocycles. The van der Waals surface area contributed by atoms with Gasteiger partial charge in [-0.15, -0.1) is 0 Å². The molecule has 5 nitrogen and oxygen atoms in total. The highest BCUT2D eigenvalue weighted by atomic mass is 16.5. The van der Waals surface area contributed by atoms with Gasteiger partial charge in [-0.25, -0.2) is 4.79 Å². The number of likely N-dealkylation sites (tertiary alicyclic amines) is 1. The number of H-pyrrole nitrogens is 1. The second-order valence-electron chi connectivity index (χ2n) is 6.36. The van der Waals surface area contributed by atoms with Crippen molar-refractivity contribution in [2.24, 2.45) is 0 Å². The van der Waals surface area contributed by atoms with Crippen molar-refractivity contribution in [2.45, 2.75) is 32.0 Å². The van der Waals surface area contributed by atoms with Crippen molar-refractivity contribution in [3.05, 3.63) is 59.4 Å². The third kappa shape index (κ3) is 3.86. The van der Waals surface area contributed by atoms with Gasteiger partial charge in [0.2, 0.25) is 0 Å². The highest BCUT2D eigenvalue weighted by Gasteiger charge is 2.26. The van der Waals surface area contributed by atoms with Crippen molar-refractivity contribution in [1.82, 2.24) is 15.2 Å². The third-order valence-corrected chi connectivity index (χ3v) is 4.79. The van der Waals surface area contributed by atoms with E-state index in [9.17, 15) is 4.79 Å². The zero-order valence-corrected chi connectivity index (χ0v) is 14.3. The molecule has 2 aromatic rings. The van der Waals surface area contributed by atoms with Gasteiger partial charge in [-0.2, -0.15) is 0 Å². The van der Waals surface area contributed by atoms with Gasteiger partial charge in [0.1, 0.15) is 5.69 Å². The van der Waals surface area contributed by atoms with Crippen LogP contribution in [0.4, 0.5) is 0 Å². The summed E-state index contributed by atoms with van der Waals surface area (Å²) in [5.74, 6) is -0.329. The van der Waals surface area contributed by atoms with E-state index in [1.165, 1.54) is 12.7 Å². The number of carbonyl (C=O) groups is 1. The van der Waals surface area contributed by atoms with E-state index >= 15 is 0 Å². The SMILES string of the molecule is COC(=O)c1cc(CN[C@H]2CCN([C@H](C)c3ccccc3)C2)c[nH]1. The van der Waals surface area contributed by atoms with Crippen LogP contribution in [0.5, 0.6) is 0 Å². The van der Waals surface area contributed by atoms with Crippen LogP contribution in [0.1, 0.15) is 41.0 Å². The van der Waals surface area contributed by atoms with Crippen LogP contribution < -0.4 is 5.32 Å². The predicted octanol–water partition coefficient (Wildman–Crippen LogP) is 2.73. The molecule has 1 aliphatic rings. The summed E-state index contributed by atoms with van der Waals surface area (Å²) < 4.78 is 4.71. The second kappa shape index (κ2) is 7.64. The molecule has 3 rings (SSSR count). The van der Waals surface area contributed by atoms with Crippen molar-refractivity contribution in [3.63, 3.8) is 0 Å². The number of hydrogen-bond donors (Lipinski definition) is 2. The molecule has 1 fully saturated rings. The normalized spacial score (nSPS) is 19.3. The Kier molecular flexibility index (Phi) is 5.33. The fourth-order valence-electron chi connectivity index (χ4n) is 3.28. The number of methoxy groups -OCH3 is 1. The smallest absolute Gasteiger partial charge is 0.354 e. The molecule has 2 atom stereocenters. The third-order valence-electron chi connectivity index (χ3n) is 4.79. The molecule has 0 spiro atoms. The van der Waals surface area contributed by atoms with Crippen LogP contribution >= 0.6 is 0 Å². The largest absolute Gasteiger partial charge is 0.464 e. The highest BCUT2D eigenvalue weighted by Crippen LogP contribution is 2.24. The first kappa shape index (κ1) is 16.7. The molecule has 0 radical (unpaired) electrons. The Hall–Kier alpha value is -2.11. The average molecular weight is 327 g/mol. The zero-order valence-electron chi connectivity index (χ0n) is 14.3. The molecule has 0 unspecified atom stereocenters. The molecule has 1 aromatic heterocycles.